The zero-order valence-corrected chi connectivity index (χ0v) is 14.0. The number of rotatable bonds is 5. The molecule has 1 N–H and O–H groups in total. The van der Waals surface area contributed by atoms with Crippen LogP contribution in [0.25, 0.3) is 0 Å². The second-order valence-corrected chi connectivity index (χ2v) is 10.4. The molecule has 0 bridgehead atoms. The molecule has 9 heteroatoms. The molecule has 0 radical (unpaired) electrons. The molecule has 1 aromatic rings. The van der Waals surface area contributed by atoms with Crippen LogP contribution in [0, 0.1) is 29.1 Å². The SMILES string of the molecule is CC(C)[Si](O)(COC(=O)c1c(F)c(F)c(F)c(F)c1F)C(C)C. The maximum Gasteiger partial charge on any atom is 0.344 e. The highest BCUT2D eigenvalue weighted by atomic mass is 28.4. The smallest absolute Gasteiger partial charge is 0.344 e. The molecular formula is C14H17F5O3Si. The minimum atomic E-state index is -3.12. The van der Waals surface area contributed by atoms with E-state index >= 15 is 0 Å². The number of halogens is 5. The molecule has 0 spiro atoms. The molecule has 0 aliphatic rings. The van der Waals surface area contributed by atoms with Crippen LogP contribution in [-0.4, -0.2) is 25.3 Å². The fourth-order valence-corrected chi connectivity index (χ4v) is 4.40. The van der Waals surface area contributed by atoms with Gasteiger partial charge in [-0.1, -0.05) is 27.7 Å². The van der Waals surface area contributed by atoms with E-state index in [4.69, 9.17) is 0 Å². The molecule has 3 nitrogen and oxygen atoms in total. The Bertz CT molecular complexity index is 582. The number of carbonyl (C=O) groups is 1. The molecule has 0 fully saturated rings. The molecular weight excluding hydrogens is 339 g/mol. The molecule has 0 amide bonds. The lowest BCUT2D eigenvalue weighted by Gasteiger charge is -2.32. The maximum absolute atomic E-state index is 13.5. The van der Waals surface area contributed by atoms with Crippen molar-refractivity contribution in [2.75, 3.05) is 6.23 Å². The fraction of sp³-hybridized carbons (Fsp3) is 0.500. The number of hydrogen-bond acceptors (Lipinski definition) is 3. The van der Waals surface area contributed by atoms with E-state index in [2.05, 4.69) is 4.74 Å². The summed E-state index contributed by atoms with van der Waals surface area (Å²) >= 11 is 0. The molecule has 1 rings (SSSR count). The third-order valence-corrected chi connectivity index (χ3v) is 8.45. The van der Waals surface area contributed by atoms with Gasteiger partial charge in [0.15, 0.2) is 23.3 Å². The summed E-state index contributed by atoms with van der Waals surface area (Å²) < 4.78 is 70.8. The summed E-state index contributed by atoms with van der Waals surface area (Å²) in [5.74, 6) is -13.0. The number of hydrogen-bond donors (Lipinski definition) is 1. The van der Waals surface area contributed by atoms with E-state index in [-0.39, 0.29) is 11.1 Å². The lowest BCUT2D eigenvalue weighted by molar-refractivity contribution is 0.0533. The van der Waals surface area contributed by atoms with E-state index in [1.165, 1.54) is 0 Å². The second kappa shape index (κ2) is 6.96. The summed E-state index contributed by atoms with van der Waals surface area (Å²) in [6.45, 7) is 6.77. The zero-order valence-electron chi connectivity index (χ0n) is 13.0. The summed E-state index contributed by atoms with van der Waals surface area (Å²) in [7, 11) is -3.12. The van der Waals surface area contributed by atoms with Gasteiger partial charge in [0.1, 0.15) is 11.8 Å². The molecule has 0 heterocycles. The number of carbonyl (C=O) groups excluding carboxylic acids is 1. The maximum atomic E-state index is 13.5. The predicted molar refractivity (Wildman–Crippen MR) is 74.7 cm³/mol. The molecule has 0 aliphatic heterocycles. The van der Waals surface area contributed by atoms with E-state index < -0.39 is 55.2 Å². The summed E-state index contributed by atoms with van der Waals surface area (Å²) in [6, 6.07) is 0. The van der Waals surface area contributed by atoms with Gasteiger partial charge in [0, 0.05) is 0 Å². The molecule has 0 saturated carbocycles. The Morgan fingerprint density at radius 2 is 1.26 bits per heavy atom. The molecule has 23 heavy (non-hydrogen) atoms. The Labute approximate surface area is 131 Å². The third-order valence-electron chi connectivity index (χ3n) is 3.85. The highest BCUT2D eigenvalue weighted by molar-refractivity contribution is 6.75. The topological polar surface area (TPSA) is 46.5 Å². The van der Waals surface area contributed by atoms with Crippen LogP contribution in [0.3, 0.4) is 0 Å². The molecule has 0 aromatic heterocycles. The minimum Gasteiger partial charge on any atom is -0.463 e. The monoisotopic (exact) mass is 356 g/mol. The molecule has 0 unspecified atom stereocenters. The Kier molecular flexibility index (Phi) is 5.92. The lowest BCUT2D eigenvalue weighted by atomic mass is 10.1. The van der Waals surface area contributed by atoms with Gasteiger partial charge in [-0.15, -0.1) is 0 Å². The van der Waals surface area contributed by atoms with Gasteiger partial charge in [-0.3, -0.25) is 0 Å². The van der Waals surface area contributed by atoms with Crippen molar-refractivity contribution in [2.24, 2.45) is 0 Å². The van der Waals surface area contributed by atoms with Crippen LogP contribution in [0.4, 0.5) is 22.0 Å². The Morgan fingerprint density at radius 1 is 0.913 bits per heavy atom. The van der Waals surface area contributed by atoms with Crippen molar-refractivity contribution in [3.05, 3.63) is 34.6 Å². The van der Waals surface area contributed by atoms with E-state index in [0.717, 1.165) is 0 Å². The number of esters is 1. The summed E-state index contributed by atoms with van der Waals surface area (Å²) in [4.78, 5) is 22.3. The molecule has 0 atom stereocenters. The van der Waals surface area contributed by atoms with Gasteiger partial charge in [-0.2, -0.15) is 0 Å². The standard InChI is InChI=1S/C14H17F5O3Si/c1-6(2)23(21,7(3)4)5-22-14(20)8-9(15)11(17)13(19)12(18)10(8)16/h6-7,21H,5H2,1-4H3. The van der Waals surface area contributed by atoms with E-state index in [1.54, 1.807) is 27.7 Å². The van der Waals surface area contributed by atoms with E-state index in [0.29, 0.717) is 0 Å². The van der Waals surface area contributed by atoms with Crippen LogP contribution in [0.2, 0.25) is 11.1 Å². The van der Waals surface area contributed by atoms with Crippen molar-refractivity contribution in [1.82, 2.24) is 0 Å². The number of ether oxygens (including phenoxy) is 1. The van der Waals surface area contributed by atoms with Gasteiger partial charge in [-0.25, -0.2) is 26.7 Å². The molecule has 0 aliphatic carbocycles. The van der Waals surface area contributed by atoms with Crippen LogP contribution in [0.15, 0.2) is 0 Å². The van der Waals surface area contributed by atoms with Crippen LogP contribution in [-0.2, 0) is 4.74 Å². The highest BCUT2D eigenvalue weighted by Gasteiger charge is 2.41. The minimum absolute atomic E-state index is 0.244. The van der Waals surface area contributed by atoms with Crippen molar-refractivity contribution in [2.45, 2.75) is 38.8 Å². The largest absolute Gasteiger partial charge is 0.463 e. The van der Waals surface area contributed by atoms with Gasteiger partial charge in [0.05, 0.1) is 0 Å². The van der Waals surface area contributed by atoms with Crippen molar-refractivity contribution >= 4 is 14.3 Å². The van der Waals surface area contributed by atoms with E-state index in [1.807, 2.05) is 0 Å². The van der Waals surface area contributed by atoms with Crippen LogP contribution >= 0.6 is 0 Å². The predicted octanol–water partition coefficient (Wildman–Crippen LogP) is 3.84. The average molecular weight is 356 g/mol. The zero-order chi connectivity index (χ0) is 18.1. The molecule has 1 aromatic carbocycles. The Hall–Kier alpha value is -1.48. The van der Waals surface area contributed by atoms with Gasteiger partial charge < -0.3 is 9.53 Å². The van der Waals surface area contributed by atoms with Gasteiger partial charge in [0.2, 0.25) is 14.1 Å². The quantitative estimate of drug-likeness (QED) is 0.287. The van der Waals surface area contributed by atoms with Crippen molar-refractivity contribution in [3.8, 4) is 0 Å². The fourth-order valence-electron chi connectivity index (χ4n) is 2.04. The van der Waals surface area contributed by atoms with Crippen molar-refractivity contribution < 1.29 is 36.3 Å². The first-order valence-electron chi connectivity index (χ1n) is 6.86. The Balaban J connectivity index is 3.14. The Morgan fingerprint density at radius 3 is 1.61 bits per heavy atom. The summed E-state index contributed by atoms with van der Waals surface area (Å²) in [5, 5.41) is 0. The van der Waals surface area contributed by atoms with Crippen LogP contribution < -0.4 is 0 Å². The van der Waals surface area contributed by atoms with Gasteiger partial charge >= 0.3 is 5.97 Å². The molecule has 130 valence electrons. The third kappa shape index (κ3) is 3.55. The normalized spacial score (nSPS) is 12.2. The van der Waals surface area contributed by atoms with Crippen LogP contribution in [0.5, 0.6) is 0 Å². The summed E-state index contributed by atoms with van der Waals surface area (Å²) in [6.07, 6.45) is -0.513. The van der Waals surface area contributed by atoms with E-state index in [9.17, 15) is 31.5 Å². The van der Waals surface area contributed by atoms with Gasteiger partial charge in [-0.05, 0) is 11.1 Å². The first-order valence-corrected chi connectivity index (χ1v) is 9.16. The van der Waals surface area contributed by atoms with Gasteiger partial charge in [0.25, 0.3) is 0 Å². The second-order valence-electron chi connectivity index (χ2n) is 5.82. The summed E-state index contributed by atoms with van der Waals surface area (Å²) in [5.41, 5.74) is -2.15. The first kappa shape index (κ1) is 19.6. The first-order chi connectivity index (χ1) is 10.4. The molecule has 0 saturated heterocycles. The highest BCUT2D eigenvalue weighted by Crippen LogP contribution is 2.30. The lowest BCUT2D eigenvalue weighted by Crippen LogP contribution is -2.47. The van der Waals surface area contributed by atoms with Crippen molar-refractivity contribution in [1.29, 1.82) is 0 Å². The number of benzene rings is 1. The van der Waals surface area contributed by atoms with Crippen LogP contribution in [0.1, 0.15) is 38.1 Å². The average Bonchev–Trinajstić information content (AvgIpc) is 2.48. The van der Waals surface area contributed by atoms with Crippen molar-refractivity contribution in [3.63, 3.8) is 0 Å².